The Hall–Kier alpha value is -1.88. The van der Waals surface area contributed by atoms with Crippen LogP contribution in [0.15, 0.2) is 40.0 Å². The van der Waals surface area contributed by atoms with Crippen LogP contribution in [-0.4, -0.2) is 40.7 Å². The Morgan fingerprint density at radius 3 is 2.75 bits per heavy atom. The molecule has 0 unspecified atom stereocenters. The summed E-state index contributed by atoms with van der Waals surface area (Å²) in [6.07, 6.45) is 1.68. The summed E-state index contributed by atoms with van der Waals surface area (Å²) in [4.78, 5) is 5.92. The van der Waals surface area contributed by atoms with Crippen molar-refractivity contribution < 1.29 is 16.8 Å². The minimum absolute atomic E-state index is 0.00275. The van der Waals surface area contributed by atoms with Gasteiger partial charge in [0.05, 0.1) is 19.4 Å². The number of hydrogen-bond donors (Lipinski definition) is 0. The van der Waals surface area contributed by atoms with Gasteiger partial charge < -0.3 is 4.90 Å². The fraction of sp³-hybridized carbons (Fsp3) is 0.357. The van der Waals surface area contributed by atoms with Crippen LogP contribution in [0.2, 0.25) is 0 Å². The zero-order valence-corrected chi connectivity index (χ0v) is 15.2. The standard InChI is InChI=1S/C14H18N4O4S2/c1-11-10-12(18(2)7-8-22-24(19,20)21-3)4-5-13(11)16-17-14-15-6-9-23-14/h4-6,9-10H,7-8H2,1-3H3. The molecule has 10 heteroatoms. The molecule has 0 bridgehead atoms. The Kier molecular flexibility index (Phi) is 6.37. The molecule has 0 aliphatic rings. The zero-order chi connectivity index (χ0) is 17.6. The lowest BCUT2D eigenvalue weighted by Crippen LogP contribution is -2.24. The summed E-state index contributed by atoms with van der Waals surface area (Å²) in [7, 11) is -1.00. The molecule has 2 rings (SSSR count). The molecule has 0 aliphatic heterocycles. The molecule has 0 fully saturated rings. The molecule has 8 nitrogen and oxygen atoms in total. The number of rotatable bonds is 8. The van der Waals surface area contributed by atoms with Gasteiger partial charge in [-0.05, 0) is 30.7 Å². The van der Waals surface area contributed by atoms with Crippen molar-refractivity contribution in [2.45, 2.75) is 6.92 Å². The SMILES string of the molecule is COS(=O)(=O)OCCN(C)c1ccc(N=Nc2nccs2)c(C)c1. The van der Waals surface area contributed by atoms with E-state index in [0.29, 0.717) is 11.7 Å². The van der Waals surface area contributed by atoms with Crippen LogP contribution in [0.25, 0.3) is 0 Å². The first-order valence-corrected chi connectivity index (χ1v) is 9.20. The van der Waals surface area contributed by atoms with E-state index in [9.17, 15) is 8.42 Å². The maximum absolute atomic E-state index is 11.1. The highest BCUT2D eigenvalue weighted by Gasteiger charge is 2.10. The Labute approximate surface area is 145 Å². The van der Waals surface area contributed by atoms with E-state index >= 15 is 0 Å². The highest BCUT2D eigenvalue weighted by Crippen LogP contribution is 2.26. The van der Waals surface area contributed by atoms with E-state index in [4.69, 9.17) is 0 Å². The molecule has 1 aromatic carbocycles. The summed E-state index contributed by atoms with van der Waals surface area (Å²) in [5.41, 5.74) is 2.62. The summed E-state index contributed by atoms with van der Waals surface area (Å²) >= 11 is 1.42. The van der Waals surface area contributed by atoms with Gasteiger partial charge >= 0.3 is 10.4 Å². The molecule has 130 valence electrons. The predicted octanol–water partition coefficient (Wildman–Crippen LogP) is 3.21. The second-order valence-corrected chi connectivity index (χ2v) is 7.06. The molecular weight excluding hydrogens is 352 g/mol. The fourth-order valence-electron chi connectivity index (χ4n) is 1.80. The van der Waals surface area contributed by atoms with E-state index in [1.165, 1.54) is 11.3 Å². The topological polar surface area (TPSA) is 93.5 Å². The van der Waals surface area contributed by atoms with Crippen LogP contribution < -0.4 is 4.90 Å². The van der Waals surface area contributed by atoms with E-state index in [2.05, 4.69) is 23.6 Å². The molecule has 0 radical (unpaired) electrons. The highest BCUT2D eigenvalue weighted by molar-refractivity contribution is 7.81. The van der Waals surface area contributed by atoms with E-state index in [0.717, 1.165) is 24.0 Å². The number of hydrogen-bond acceptors (Lipinski definition) is 9. The average Bonchev–Trinajstić information content (AvgIpc) is 3.07. The molecule has 1 heterocycles. The lowest BCUT2D eigenvalue weighted by atomic mass is 10.1. The largest absolute Gasteiger partial charge is 0.399 e. The van der Waals surface area contributed by atoms with Crippen LogP contribution in [0.4, 0.5) is 16.5 Å². The molecule has 0 spiro atoms. The van der Waals surface area contributed by atoms with Crippen molar-refractivity contribution in [3.05, 3.63) is 35.3 Å². The number of aromatic nitrogens is 1. The number of thiazole rings is 1. The summed E-state index contributed by atoms with van der Waals surface area (Å²) in [5, 5.41) is 10.7. The van der Waals surface area contributed by atoms with E-state index < -0.39 is 10.4 Å². The van der Waals surface area contributed by atoms with Crippen molar-refractivity contribution in [3.63, 3.8) is 0 Å². The van der Waals surface area contributed by atoms with Crippen LogP contribution in [0.3, 0.4) is 0 Å². The van der Waals surface area contributed by atoms with Gasteiger partial charge in [-0.3, -0.25) is 4.18 Å². The molecule has 0 saturated carbocycles. The first-order valence-electron chi connectivity index (χ1n) is 6.99. The second-order valence-electron chi connectivity index (χ2n) is 4.80. The number of anilines is 1. The number of azo groups is 1. The monoisotopic (exact) mass is 370 g/mol. The van der Waals surface area contributed by atoms with Crippen molar-refractivity contribution in [2.75, 3.05) is 32.2 Å². The highest BCUT2D eigenvalue weighted by atomic mass is 32.3. The van der Waals surface area contributed by atoms with E-state index in [1.54, 1.807) is 6.20 Å². The maximum atomic E-state index is 11.1. The lowest BCUT2D eigenvalue weighted by molar-refractivity contribution is 0.248. The Morgan fingerprint density at radius 2 is 2.12 bits per heavy atom. The summed E-state index contributed by atoms with van der Waals surface area (Å²) in [6.45, 7) is 2.32. The summed E-state index contributed by atoms with van der Waals surface area (Å²) in [6, 6.07) is 5.68. The number of nitrogens with zero attached hydrogens (tertiary/aromatic N) is 4. The molecule has 2 aromatic rings. The van der Waals surface area contributed by atoms with Gasteiger partial charge in [0, 0.05) is 30.9 Å². The van der Waals surface area contributed by atoms with Gasteiger partial charge in [-0.15, -0.1) is 21.6 Å². The quantitative estimate of drug-likeness (QED) is 0.662. The molecule has 0 N–H and O–H groups in total. The summed E-state index contributed by atoms with van der Waals surface area (Å²) in [5.74, 6) is 0. The van der Waals surface area contributed by atoms with Gasteiger partial charge in [0.15, 0.2) is 0 Å². The van der Waals surface area contributed by atoms with Gasteiger partial charge in [0.1, 0.15) is 0 Å². The van der Waals surface area contributed by atoms with Crippen molar-refractivity contribution >= 4 is 38.2 Å². The third-order valence-corrected chi connectivity index (χ3v) is 4.66. The minimum atomic E-state index is -3.90. The average molecular weight is 370 g/mol. The second kappa shape index (κ2) is 8.29. The number of likely N-dealkylation sites (N-methyl/N-ethyl adjacent to an activating group) is 1. The van der Waals surface area contributed by atoms with Gasteiger partial charge in [-0.25, -0.2) is 9.17 Å². The summed E-state index contributed by atoms with van der Waals surface area (Å²) < 4.78 is 31.1. The smallest absolute Gasteiger partial charge is 0.372 e. The molecular formula is C14H18N4O4S2. The lowest BCUT2D eigenvalue weighted by Gasteiger charge is -2.19. The molecule has 0 saturated heterocycles. The van der Waals surface area contributed by atoms with Gasteiger partial charge in [0.25, 0.3) is 0 Å². The Balaban J connectivity index is 1.98. The predicted molar refractivity (Wildman–Crippen MR) is 92.6 cm³/mol. The third-order valence-electron chi connectivity index (χ3n) is 3.14. The van der Waals surface area contributed by atoms with Crippen molar-refractivity contribution in [3.8, 4) is 0 Å². The van der Waals surface area contributed by atoms with Gasteiger partial charge in [0.2, 0.25) is 5.13 Å². The van der Waals surface area contributed by atoms with Crippen LogP contribution in [-0.2, 0) is 18.8 Å². The van der Waals surface area contributed by atoms with Crippen LogP contribution in [0, 0.1) is 6.92 Å². The Bertz CT molecular complexity index is 791. The first-order chi connectivity index (χ1) is 11.4. The number of aryl methyl sites for hydroxylation is 1. The van der Waals surface area contributed by atoms with Crippen molar-refractivity contribution in [1.82, 2.24) is 4.98 Å². The molecule has 24 heavy (non-hydrogen) atoms. The zero-order valence-electron chi connectivity index (χ0n) is 13.5. The van der Waals surface area contributed by atoms with Gasteiger partial charge in [-0.1, -0.05) is 0 Å². The fourth-order valence-corrected chi connectivity index (χ4v) is 2.63. The van der Waals surface area contributed by atoms with Crippen LogP contribution >= 0.6 is 11.3 Å². The van der Waals surface area contributed by atoms with Crippen LogP contribution in [0.5, 0.6) is 0 Å². The van der Waals surface area contributed by atoms with Crippen molar-refractivity contribution in [1.29, 1.82) is 0 Å². The number of benzene rings is 1. The van der Waals surface area contributed by atoms with E-state index in [-0.39, 0.29) is 6.61 Å². The molecule has 0 amide bonds. The van der Waals surface area contributed by atoms with Gasteiger partial charge in [-0.2, -0.15) is 8.42 Å². The first kappa shape index (κ1) is 18.5. The van der Waals surface area contributed by atoms with E-state index in [1.807, 2.05) is 42.5 Å². The molecule has 1 aromatic heterocycles. The minimum Gasteiger partial charge on any atom is -0.372 e. The molecule has 0 atom stereocenters. The van der Waals surface area contributed by atoms with Crippen molar-refractivity contribution in [2.24, 2.45) is 10.2 Å². The third kappa shape index (κ3) is 5.34. The molecule has 0 aliphatic carbocycles. The normalized spacial score (nSPS) is 12.0. The maximum Gasteiger partial charge on any atom is 0.399 e. The Morgan fingerprint density at radius 1 is 1.33 bits per heavy atom. The van der Waals surface area contributed by atoms with Crippen LogP contribution in [0.1, 0.15) is 5.56 Å².